The van der Waals surface area contributed by atoms with Crippen molar-refractivity contribution in [1.29, 1.82) is 0 Å². The molecule has 4 heteroatoms. The smallest absolute Gasteiger partial charge is 0.324 e. The van der Waals surface area contributed by atoms with E-state index < -0.39 is 6.03 Å². The molecule has 0 aromatic rings. The third-order valence-corrected chi connectivity index (χ3v) is 1.85. The quantitative estimate of drug-likeness (QED) is 0.706. The van der Waals surface area contributed by atoms with Crippen molar-refractivity contribution in [2.75, 3.05) is 6.54 Å². The van der Waals surface area contributed by atoms with Crippen LogP contribution in [0.4, 0.5) is 4.79 Å². The van der Waals surface area contributed by atoms with Crippen LogP contribution in [0.3, 0.4) is 0 Å². The van der Waals surface area contributed by atoms with E-state index in [9.17, 15) is 4.79 Å². The van der Waals surface area contributed by atoms with Gasteiger partial charge in [-0.1, -0.05) is 13.8 Å². The molecular weight excluding hydrogens is 196 g/mol. The van der Waals surface area contributed by atoms with Gasteiger partial charge >= 0.3 is 6.03 Å². The minimum absolute atomic E-state index is 0.430. The molecule has 0 rings (SSSR count). The summed E-state index contributed by atoms with van der Waals surface area (Å²) >= 11 is 3.03. The van der Waals surface area contributed by atoms with Crippen LogP contribution in [-0.2, 0) is 0 Å². The van der Waals surface area contributed by atoms with E-state index in [0.717, 1.165) is 6.42 Å². The second kappa shape index (κ2) is 4.55. The molecule has 2 amide bonds. The Morgan fingerprint density at radius 2 is 2.20 bits per heavy atom. The summed E-state index contributed by atoms with van der Waals surface area (Å²) in [5.74, 6) is 0.597. The SMILES string of the molecule is CC(C)CCN(Br)C(N)=O. The minimum atomic E-state index is -0.430. The average Bonchev–Trinajstić information content (AvgIpc) is 1.82. The van der Waals surface area contributed by atoms with Crippen LogP contribution in [0, 0.1) is 5.92 Å². The molecule has 0 atom stereocenters. The summed E-state index contributed by atoms with van der Waals surface area (Å²) in [5, 5.41) is 0. The van der Waals surface area contributed by atoms with Crippen molar-refractivity contribution >= 4 is 22.2 Å². The van der Waals surface area contributed by atoms with E-state index in [1.807, 2.05) is 0 Å². The number of primary amides is 1. The van der Waals surface area contributed by atoms with Crippen LogP contribution in [0.5, 0.6) is 0 Å². The number of hydrogen-bond acceptors (Lipinski definition) is 1. The molecule has 0 saturated heterocycles. The van der Waals surface area contributed by atoms with Crippen molar-refractivity contribution in [3.05, 3.63) is 0 Å². The van der Waals surface area contributed by atoms with Crippen LogP contribution in [-0.4, -0.2) is 16.5 Å². The lowest BCUT2D eigenvalue weighted by Crippen LogP contribution is -2.28. The first kappa shape index (κ1) is 9.75. The fraction of sp³-hybridized carbons (Fsp3) is 0.833. The number of carbonyl (C=O) groups excluding carboxylic acids is 1. The van der Waals surface area contributed by atoms with Gasteiger partial charge in [0.1, 0.15) is 0 Å². The first-order valence-corrected chi connectivity index (χ1v) is 3.97. The predicted molar refractivity (Wildman–Crippen MR) is 44.7 cm³/mol. The van der Waals surface area contributed by atoms with Crippen LogP contribution >= 0.6 is 16.1 Å². The monoisotopic (exact) mass is 208 g/mol. The van der Waals surface area contributed by atoms with Gasteiger partial charge in [0.15, 0.2) is 0 Å². The highest BCUT2D eigenvalue weighted by atomic mass is 79.9. The van der Waals surface area contributed by atoms with E-state index in [-0.39, 0.29) is 0 Å². The Morgan fingerprint density at radius 3 is 2.50 bits per heavy atom. The van der Waals surface area contributed by atoms with E-state index in [4.69, 9.17) is 5.73 Å². The van der Waals surface area contributed by atoms with E-state index in [1.54, 1.807) is 0 Å². The molecular formula is C6H13BrN2O. The maximum Gasteiger partial charge on any atom is 0.324 e. The number of urea groups is 1. The van der Waals surface area contributed by atoms with Crippen LogP contribution in [0.2, 0.25) is 0 Å². The van der Waals surface area contributed by atoms with Gasteiger partial charge in [-0.3, -0.25) is 3.93 Å². The summed E-state index contributed by atoms with van der Waals surface area (Å²) in [4.78, 5) is 10.4. The Morgan fingerprint density at radius 1 is 1.70 bits per heavy atom. The standard InChI is InChI=1S/C6H13BrN2O/c1-5(2)3-4-9(7)6(8)10/h5H,3-4H2,1-2H3,(H2,8,10). The first-order valence-electron chi connectivity index (χ1n) is 3.26. The Balaban J connectivity index is 3.40. The summed E-state index contributed by atoms with van der Waals surface area (Å²) in [6, 6.07) is -0.430. The van der Waals surface area contributed by atoms with Gasteiger partial charge in [0.25, 0.3) is 0 Å². The highest BCUT2D eigenvalue weighted by molar-refractivity contribution is 9.07. The van der Waals surface area contributed by atoms with Gasteiger partial charge in [0, 0.05) is 6.54 Å². The van der Waals surface area contributed by atoms with Crippen LogP contribution in [0.25, 0.3) is 0 Å². The van der Waals surface area contributed by atoms with Gasteiger partial charge < -0.3 is 5.73 Å². The van der Waals surface area contributed by atoms with Crippen molar-refractivity contribution in [3.63, 3.8) is 0 Å². The molecule has 0 aliphatic carbocycles. The topological polar surface area (TPSA) is 46.3 Å². The molecule has 0 spiro atoms. The number of carbonyl (C=O) groups is 1. The fourth-order valence-electron chi connectivity index (χ4n) is 0.482. The maximum absolute atomic E-state index is 10.4. The Hall–Kier alpha value is -0.250. The largest absolute Gasteiger partial charge is 0.351 e. The van der Waals surface area contributed by atoms with Crippen LogP contribution in [0.15, 0.2) is 0 Å². The van der Waals surface area contributed by atoms with E-state index >= 15 is 0 Å². The van der Waals surface area contributed by atoms with Crippen molar-refractivity contribution in [2.24, 2.45) is 11.7 Å². The lowest BCUT2D eigenvalue weighted by molar-refractivity contribution is 0.235. The molecule has 60 valence electrons. The van der Waals surface area contributed by atoms with Gasteiger partial charge in [-0.05, 0) is 12.3 Å². The molecule has 0 saturated carbocycles. The second-order valence-corrected chi connectivity index (χ2v) is 3.46. The maximum atomic E-state index is 10.4. The molecule has 2 N–H and O–H groups in total. The van der Waals surface area contributed by atoms with Crippen molar-refractivity contribution in [1.82, 2.24) is 3.93 Å². The van der Waals surface area contributed by atoms with Gasteiger partial charge in [0.2, 0.25) is 0 Å². The van der Waals surface area contributed by atoms with Gasteiger partial charge in [-0.25, -0.2) is 4.79 Å². The zero-order valence-electron chi connectivity index (χ0n) is 6.30. The summed E-state index contributed by atoms with van der Waals surface area (Å²) in [5.41, 5.74) is 4.96. The number of nitrogens with zero attached hydrogens (tertiary/aromatic N) is 1. The number of hydrogen-bond donors (Lipinski definition) is 1. The van der Waals surface area contributed by atoms with Crippen molar-refractivity contribution < 1.29 is 4.79 Å². The Labute approximate surface area is 69.9 Å². The molecule has 10 heavy (non-hydrogen) atoms. The zero-order chi connectivity index (χ0) is 8.15. The number of rotatable bonds is 3. The Kier molecular flexibility index (Phi) is 4.43. The number of nitrogens with two attached hydrogens (primary N) is 1. The summed E-state index contributed by atoms with van der Waals surface area (Å²) in [6.07, 6.45) is 0.966. The summed E-state index contributed by atoms with van der Waals surface area (Å²) in [6.45, 7) is 4.87. The number of amides is 2. The predicted octanol–water partition coefficient (Wildman–Crippen LogP) is 1.72. The van der Waals surface area contributed by atoms with Crippen LogP contribution < -0.4 is 5.73 Å². The second-order valence-electron chi connectivity index (χ2n) is 2.61. The molecule has 0 bridgehead atoms. The van der Waals surface area contributed by atoms with Gasteiger partial charge in [0.05, 0.1) is 16.1 Å². The van der Waals surface area contributed by atoms with E-state index in [1.165, 1.54) is 3.93 Å². The number of halogens is 1. The molecule has 0 radical (unpaired) electrons. The Bertz CT molecular complexity index is 116. The highest BCUT2D eigenvalue weighted by Gasteiger charge is 2.04. The highest BCUT2D eigenvalue weighted by Crippen LogP contribution is 2.04. The molecule has 3 nitrogen and oxygen atoms in total. The molecule has 0 heterocycles. The third-order valence-electron chi connectivity index (χ3n) is 1.14. The van der Waals surface area contributed by atoms with E-state index in [2.05, 4.69) is 30.0 Å². The van der Waals surface area contributed by atoms with Crippen molar-refractivity contribution in [3.8, 4) is 0 Å². The molecule has 0 aromatic carbocycles. The van der Waals surface area contributed by atoms with Gasteiger partial charge in [-0.2, -0.15) is 0 Å². The molecule has 0 fully saturated rings. The van der Waals surface area contributed by atoms with Gasteiger partial charge in [-0.15, -0.1) is 0 Å². The van der Waals surface area contributed by atoms with Crippen molar-refractivity contribution in [2.45, 2.75) is 20.3 Å². The van der Waals surface area contributed by atoms with E-state index in [0.29, 0.717) is 12.5 Å². The third kappa shape index (κ3) is 4.61. The fourth-order valence-corrected chi connectivity index (χ4v) is 0.686. The lowest BCUT2D eigenvalue weighted by atomic mass is 10.1. The zero-order valence-corrected chi connectivity index (χ0v) is 7.89. The molecule has 0 aliphatic heterocycles. The summed E-state index contributed by atoms with van der Waals surface area (Å²) < 4.78 is 1.34. The average molecular weight is 209 g/mol. The normalized spacial score (nSPS) is 10.0. The molecule has 0 aliphatic rings. The lowest BCUT2D eigenvalue weighted by Gasteiger charge is -2.11. The molecule has 0 unspecified atom stereocenters. The minimum Gasteiger partial charge on any atom is -0.351 e. The molecule has 0 aromatic heterocycles. The van der Waals surface area contributed by atoms with Crippen LogP contribution in [0.1, 0.15) is 20.3 Å². The summed E-state index contributed by atoms with van der Waals surface area (Å²) in [7, 11) is 0. The first-order chi connectivity index (χ1) is 4.54.